The summed E-state index contributed by atoms with van der Waals surface area (Å²) in [5.41, 5.74) is 0. The summed E-state index contributed by atoms with van der Waals surface area (Å²) in [6.07, 6.45) is 3.74. The molecule has 0 aliphatic rings. The third-order valence-corrected chi connectivity index (χ3v) is 1.24. The quantitative estimate of drug-likeness (QED) is 0.418. The molecule has 2 nitrogen and oxygen atoms in total. The molecule has 3 heteroatoms. The van der Waals surface area contributed by atoms with Gasteiger partial charge in [-0.3, -0.25) is 0 Å². The molecule has 0 saturated carbocycles. The molecular weight excluding hydrogens is 120 g/mol. The summed E-state index contributed by atoms with van der Waals surface area (Å²) >= 11 is 1.44. The standard InChI is InChI=1S/C5H6N2S/c1-8-5-6-3-2-4-7-5/h2-4H,1H3/i3D. The van der Waals surface area contributed by atoms with Gasteiger partial charge in [-0.2, -0.15) is 0 Å². The minimum Gasteiger partial charge on any atom is -0.231 e. The van der Waals surface area contributed by atoms with E-state index in [0.717, 1.165) is 0 Å². The average Bonchev–Trinajstić information content (AvgIpc) is 1.88. The molecule has 1 aromatic heterocycles. The van der Waals surface area contributed by atoms with E-state index in [1.807, 2.05) is 6.26 Å². The van der Waals surface area contributed by atoms with Gasteiger partial charge in [0.15, 0.2) is 5.16 Å². The molecule has 0 aliphatic heterocycles. The van der Waals surface area contributed by atoms with Gasteiger partial charge in [-0.1, -0.05) is 11.8 Å². The fraction of sp³-hybridized carbons (Fsp3) is 0.200. The third-order valence-electron chi connectivity index (χ3n) is 0.677. The number of hydrogen-bond donors (Lipinski definition) is 0. The number of aromatic nitrogens is 2. The summed E-state index contributed by atoms with van der Waals surface area (Å²) in [5.74, 6) is 0. The zero-order valence-electron chi connectivity index (χ0n) is 5.46. The van der Waals surface area contributed by atoms with E-state index < -0.39 is 0 Å². The molecule has 0 spiro atoms. The minimum atomic E-state index is 0.273. The van der Waals surface area contributed by atoms with Crippen LogP contribution in [0.3, 0.4) is 0 Å². The van der Waals surface area contributed by atoms with Crippen molar-refractivity contribution >= 4 is 11.8 Å². The van der Waals surface area contributed by atoms with Crippen molar-refractivity contribution in [3.8, 4) is 0 Å². The Bertz CT molecular complexity index is 204. The second-order valence-corrected chi connectivity index (χ2v) is 1.95. The summed E-state index contributed by atoms with van der Waals surface area (Å²) in [6, 6.07) is 1.56. The molecule has 0 bridgehead atoms. The van der Waals surface area contributed by atoms with Crippen LogP contribution in [0.5, 0.6) is 0 Å². The van der Waals surface area contributed by atoms with E-state index >= 15 is 0 Å². The largest absolute Gasteiger partial charge is 0.231 e. The molecule has 0 fully saturated rings. The van der Waals surface area contributed by atoms with E-state index in [9.17, 15) is 0 Å². The van der Waals surface area contributed by atoms with Crippen LogP contribution in [0, 0.1) is 0 Å². The highest BCUT2D eigenvalue weighted by molar-refractivity contribution is 7.98. The van der Waals surface area contributed by atoms with Crippen molar-refractivity contribution < 1.29 is 1.37 Å². The van der Waals surface area contributed by atoms with Crippen molar-refractivity contribution in [1.82, 2.24) is 9.97 Å². The van der Waals surface area contributed by atoms with E-state index in [-0.39, 0.29) is 6.17 Å². The van der Waals surface area contributed by atoms with Crippen LogP contribution in [-0.4, -0.2) is 16.2 Å². The lowest BCUT2D eigenvalue weighted by Gasteiger charge is -1.87. The first kappa shape index (κ1) is 4.32. The smallest absolute Gasteiger partial charge is 0.187 e. The van der Waals surface area contributed by atoms with Crippen molar-refractivity contribution in [2.24, 2.45) is 0 Å². The first-order chi connectivity index (χ1) is 4.33. The van der Waals surface area contributed by atoms with E-state index in [2.05, 4.69) is 9.97 Å². The van der Waals surface area contributed by atoms with Gasteiger partial charge in [0.1, 0.15) is 0 Å². The maximum Gasteiger partial charge on any atom is 0.187 e. The Balaban J connectivity index is 2.94. The Hall–Kier alpha value is -0.570. The van der Waals surface area contributed by atoms with Gasteiger partial charge < -0.3 is 0 Å². The second kappa shape index (κ2) is 2.67. The van der Waals surface area contributed by atoms with Gasteiger partial charge in [0.25, 0.3) is 0 Å². The normalized spacial score (nSPS) is 10.9. The van der Waals surface area contributed by atoms with Crippen LogP contribution in [0.1, 0.15) is 1.37 Å². The highest BCUT2D eigenvalue weighted by Crippen LogP contribution is 2.03. The van der Waals surface area contributed by atoms with Gasteiger partial charge in [0, 0.05) is 12.4 Å². The summed E-state index contributed by atoms with van der Waals surface area (Å²) in [6.45, 7) is 0. The van der Waals surface area contributed by atoms with Gasteiger partial charge in [-0.05, 0) is 12.3 Å². The van der Waals surface area contributed by atoms with E-state index in [0.29, 0.717) is 5.16 Å². The SMILES string of the molecule is [2H]c1ccnc(SC)n1. The highest BCUT2D eigenvalue weighted by atomic mass is 32.2. The lowest BCUT2D eigenvalue weighted by Crippen LogP contribution is -1.79. The predicted molar refractivity (Wildman–Crippen MR) is 33.8 cm³/mol. The maximum atomic E-state index is 7.07. The van der Waals surface area contributed by atoms with E-state index in [4.69, 9.17) is 1.37 Å². The summed E-state index contributed by atoms with van der Waals surface area (Å²) in [5, 5.41) is 0.655. The molecule has 1 aromatic rings. The van der Waals surface area contributed by atoms with Gasteiger partial charge >= 0.3 is 0 Å². The molecule has 0 amide bonds. The number of hydrogen-bond acceptors (Lipinski definition) is 3. The van der Waals surface area contributed by atoms with E-state index in [1.165, 1.54) is 11.8 Å². The molecule has 8 heavy (non-hydrogen) atoms. The molecule has 0 aromatic carbocycles. The molecular formula is C5H6N2S. The fourth-order valence-electron chi connectivity index (χ4n) is 0.354. The molecule has 0 N–H and O–H groups in total. The van der Waals surface area contributed by atoms with E-state index in [1.54, 1.807) is 12.3 Å². The Labute approximate surface area is 53.8 Å². The van der Waals surface area contributed by atoms with Gasteiger partial charge in [0.05, 0.1) is 1.37 Å². The molecule has 42 valence electrons. The van der Waals surface area contributed by atoms with Gasteiger partial charge in [-0.15, -0.1) is 0 Å². The Morgan fingerprint density at radius 2 is 2.62 bits per heavy atom. The van der Waals surface area contributed by atoms with Gasteiger partial charge in [0.2, 0.25) is 0 Å². The van der Waals surface area contributed by atoms with Crippen molar-refractivity contribution in [1.29, 1.82) is 0 Å². The molecule has 1 heterocycles. The molecule has 1 rings (SSSR count). The molecule has 0 saturated heterocycles. The lowest BCUT2D eigenvalue weighted by atomic mass is 10.7. The van der Waals surface area contributed by atoms with Crippen molar-refractivity contribution in [3.05, 3.63) is 18.4 Å². The van der Waals surface area contributed by atoms with Crippen LogP contribution in [0.2, 0.25) is 0 Å². The molecule has 0 radical (unpaired) electrons. The van der Waals surface area contributed by atoms with Crippen molar-refractivity contribution in [2.45, 2.75) is 5.16 Å². The molecule has 0 atom stereocenters. The van der Waals surface area contributed by atoms with Crippen LogP contribution >= 0.6 is 11.8 Å². The first-order valence-corrected chi connectivity index (χ1v) is 3.39. The third kappa shape index (κ3) is 1.20. The average molecular weight is 127 g/mol. The van der Waals surface area contributed by atoms with Crippen molar-refractivity contribution in [3.63, 3.8) is 0 Å². The predicted octanol–water partition coefficient (Wildman–Crippen LogP) is 1.20. The van der Waals surface area contributed by atoms with Gasteiger partial charge in [-0.25, -0.2) is 9.97 Å². The minimum absolute atomic E-state index is 0.273. The summed E-state index contributed by atoms with van der Waals surface area (Å²) in [4.78, 5) is 7.70. The van der Waals surface area contributed by atoms with Crippen LogP contribution in [-0.2, 0) is 0 Å². The lowest BCUT2D eigenvalue weighted by molar-refractivity contribution is 0.970. The number of thioether (sulfide) groups is 1. The zero-order valence-corrected chi connectivity index (χ0v) is 5.27. The van der Waals surface area contributed by atoms with Crippen LogP contribution in [0.4, 0.5) is 0 Å². The Kier molecular flexibility index (Phi) is 1.44. The van der Waals surface area contributed by atoms with Crippen LogP contribution in [0.25, 0.3) is 0 Å². The summed E-state index contributed by atoms with van der Waals surface area (Å²) < 4.78 is 7.07. The Morgan fingerprint density at radius 1 is 1.75 bits per heavy atom. The van der Waals surface area contributed by atoms with Crippen molar-refractivity contribution in [2.75, 3.05) is 6.26 Å². The summed E-state index contributed by atoms with van der Waals surface area (Å²) in [7, 11) is 0. The Morgan fingerprint density at radius 3 is 3.12 bits per heavy atom. The zero-order chi connectivity index (χ0) is 6.69. The first-order valence-electron chi connectivity index (χ1n) is 2.66. The topological polar surface area (TPSA) is 25.8 Å². The molecule has 0 unspecified atom stereocenters. The maximum absolute atomic E-state index is 7.07. The second-order valence-electron chi connectivity index (χ2n) is 1.17. The fourth-order valence-corrected chi connectivity index (χ4v) is 0.664. The number of nitrogens with zero attached hydrogens (tertiary/aromatic N) is 2. The monoisotopic (exact) mass is 127 g/mol. The van der Waals surface area contributed by atoms with Crippen LogP contribution < -0.4 is 0 Å². The highest BCUT2D eigenvalue weighted by Gasteiger charge is 1.84. The molecule has 0 aliphatic carbocycles. The number of rotatable bonds is 1. The van der Waals surface area contributed by atoms with Crippen LogP contribution in [0.15, 0.2) is 23.6 Å².